The first-order valence-corrected chi connectivity index (χ1v) is 4.74. The fourth-order valence-corrected chi connectivity index (χ4v) is 1.01. The van der Waals surface area contributed by atoms with Crippen LogP contribution in [0.15, 0.2) is 6.33 Å². The van der Waals surface area contributed by atoms with Crippen molar-refractivity contribution in [3.05, 3.63) is 12.2 Å². The van der Waals surface area contributed by atoms with Crippen molar-refractivity contribution in [3.8, 4) is 0 Å². The third-order valence-electron chi connectivity index (χ3n) is 2.21. The fraction of sp³-hybridized carbons (Fsp3) is 0.778. The van der Waals surface area contributed by atoms with Gasteiger partial charge in [0.2, 0.25) is 0 Å². The van der Waals surface area contributed by atoms with Crippen LogP contribution in [0, 0.1) is 0 Å². The van der Waals surface area contributed by atoms with Crippen molar-refractivity contribution in [2.45, 2.75) is 32.4 Å². The third kappa shape index (κ3) is 3.85. The molecule has 0 unspecified atom stereocenters. The molecule has 14 heavy (non-hydrogen) atoms. The molecule has 5 nitrogen and oxygen atoms in total. The first-order valence-electron chi connectivity index (χ1n) is 4.74. The lowest BCUT2D eigenvalue weighted by Gasteiger charge is -2.22. The number of hydrogen-bond donors (Lipinski definition) is 2. The van der Waals surface area contributed by atoms with Gasteiger partial charge in [-0.3, -0.25) is 5.10 Å². The summed E-state index contributed by atoms with van der Waals surface area (Å²) >= 11 is 0. The second-order valence-electron chi connectivity index (χ2n) is 3.82. The lowest BCUT2D eigenvalue weighted by atomic mass is 10.1. The van der Waals surface area contributed by atoms with Crippen molar-refractivity contribution in [1.82, 2.24) is 20.5 Å². The standard InChI is InChI=1S/C9H18N4O/c1-9(2,14-3)4-5-10-6-8-11-7-12-13-8/h7,10H,4-6H2,1-3H3,(H,11,12,13). The van der Waals surface area contributed by atoms with Crippen LogP contribution >= 0.6 is 0 Å². The van der Waals surface area contributed by atoms with Gasteiger partial charge in [0.1, 0.15) is 12.2 Å². The van der Waals surface area contributed by atoms with Gasteiger partial charge in [-0.2, -0.15) is 5.10 Å². The summed E-state index contributed by atoms with van der Waals surface area (Å²) < 4.78 is 5.30. The number of nitrogens with one attached hydrogen (secondary N) is 2. The summed E-state index contributed by atoms with van der Waals surface area (Å²) in [5.41, 5.74) is -0.0611. The van der Waals surface area contributed by atoms with Crippen molar-refractivity contribution in [1.29, 1.82) is 0 Å². The number of aromatic amines is 1. The molecule has 0 fully saturated rings. The van der Waals surface area contributed by atoms with E-state index in [0.717, 1.165) is 25.3 Å². The monoisotopic (exact) mass is 198 g/mol. The average Bonchev–Trinajstić information content (AvgIpc) is 2.65. The molecule has 0 aliphatic rings. The van der Waals surface area contributed by atoms with Crippen molar-refractivity contribution >= 4 is 0 Å². The van der Waals surface area contributed by atoms with E-state index in [0.29, 0.717) is 0 Å². The Morgan fingerprint density at radius 2 is 2.36 bits per heavy atom. The molecule has 0 aliphatic carbocycles. The summed E-state index contributed by atoms with van der Waals surface area (Å²) in [5.74, 6) is 0.861. The largest absolute Gasteiger partial charge is 0.379 e. The molecule has 0 radical (unpaired) electrons. The van der Waals surface area contributed by atoms with Crippen molar-refractivity contribution in [3.63, 3.8) is 0 Å². The van der Waals surface area contributed by atoms with Gasteiger partial charge in [-0.1, -0.05) is 0 Å². The summed E-state index contributed by atoms with van der Waals surface area (Å²) in [6.07, 6.45) is 2.48. The molecule has 0 saturated heterocycles. The first kappa shape index (κ1) is 11.1. The van der Waals surface area contributed by atoms with E-state index in [2.05, 4.69) is 34.3 Å². The Morgan fingerprint density at radius 3 is 2.93 bits per heavy atom. The highest BCUT2D eigenvalue weighted by Crippen LogP contribution is 2.11. The molecule has 0 spiro atoms. The zero-order valence-electron chi connectivity index (χ0n) is 9.00. The van der Waals surface area contributed by atoms with E-state index >= 15 is 0 Å². The molecular weight excluding hydrogens is 180 g/mol. The van der Waals surface area contributed by atoms with Crippen LogP contribution in [-0.4, -0.2) is 34.4 Å². The molecule has 0 saturated carbocycles. The molecule has 0 atom stereocenters. The third-order valence-corrected chi connectivity index (χ3v) is 2.21. The van der Waals surface area contributed by atoms with Gasteiger partial charge in [-0.25, -0.2) is 4.98 Å². The Balaban J connectivity index is 2.11. The summed E-state index contributed by atoms with van der Waals surface area (Å²) in [6, 6.07) is 0. The predicted octanol–water partition coefficient (Wildman–Crippen LogP) is 0.709. The summed E-state index contributed by atoms with van der Waals surface area (Å²) in [5, 5.41) is 9.82. The SMILES string of the molecule is COC(C)(C)CCNCc1ncn[nH]1. The Morgan fingerprint density at radius 1 is 1.57 bits per heavy atom. The molecule has 1 aromatic heterocycles. The molecule has 80 valence electrons. The minimum Gasteiger partial charge on any atom is -0.379 e. The molecule has 1 rings (SSSR count). The van der Waals surface area contributed by atoms with Crippen LogP contribution in [0.1, 0.15) is 26.1 Å². The second kappa shape index (κ2) is 5.07. The van der Waals surface area contributed by atoms with E-state index in [1.807, 2.05) is 0 Å². The minimum atomic E-state index is -0.0611. The van der Waals surface area contributed by atoms with Gasteiger partial charge < -0.3 is 10.1 Å². The molecule has 0 bridgehead atoms. The van der Waals surface area contributed by atoms with Gasteiger partial charge in [0.05, 0.1) is 12.1 Å². The van der Waals surface area contributed by atoms with Gasteiger partial charge >= 0.3 is 0 Å². The van der Waals surface area contributed by atoms with Crippen LogP contribution in [0.4, 0.5) is 0 Å². The van der Waals surface area contributed by atoms with E-state index in [1.165, 1.54) is 6.33 Å². The average molecular weight is 198 g/mol. The molecule has 0 aliphatic heterocycles. The summed E-state index contributed by atoms with van der Waals surface area (Å²) in [7, 11) is 1.73. The highest BCUT2D eigenvalue weighted by molar-refractivity contribution is 4.79. The zero-order valence-corrected chi connectivity index (χ0v) is 9.00. The van der Waals surface area contributed by atoms with Crippen molar-refractivity contribution in [2.24, 2.45) is 0 Å². The quantitative estimate of drug-likeness (QED) is 0.661. The van der Waals surface area contributed by atoms with Crippen LogP contribution in [0.2, 0.25) is 0 Å². The van der Waals surface area contributed by atoms with Gasteiger partial charge in [-0.05, 0) is 26.8 Å². The van der Waals surface area contributed by atoms with E-state index in [4.69, 9.17) is 4.74 Å². The lowest BCUT2D eigenvalue weighted by Crippen LogP contribution is -2.28. The van der Waals surface area contributed by atoms with E-state index in [1.54, 1.807) is 7.11 Å². The maximum Gasteiger partial charge on any atom is 0.138 e. The summed E-state index contributed by atoms with van der Waals surface area (Å²) in [4.78, 5) is 4.01. The Bertz CT molecular complexity index is 245. The van der Waals surface area contributed by atoms with Gasteiger partial charge in [-0.15, -0.1) is 0 Å². The second-order valence-corrected chi connectivity index (χ2v) is 3.82. The number of hydrogen-bond acceptors (Lipinski definition) is 4. The van der Waals surface area contributed by atoms with Crippen LogP contribution < -0.4 is 5.32 Å². The topological polar surface area (TPSA) is 62.8 Å². The molecular formula is C9H18N4O. The number of nitrogens with zero attached hydrogens (tertiary/aromatic N) is 2. The first-order chi connectivity index (χ1) is 6.64. The molecule has 0 aromatic carbocycles. The Hall–Kier alpha value is -0.940. The number of aromatic nitrogens is 3. The number of H-pyrrole nitrogens is 1. The Labute approximate surface area is 84.3 Å². The smallest absolute Gasteiger partial charge is 0.138 e. The lowest BCUT2D eigenvalue weighted by molar-refractivity contribution is 0.0158. The molecule has 5 heteroatoms. The van der Waals surface area contributed by atoms with E-state index in [9.17, 15) is 0 Å². The van der Waals surface area contributed by atoms with Crippen molar-refractivity contribution < 1.29 is 4.74 Å². The fourth-order valence-electron chi connectivity index (χ4n) is 1.01. The van der Waals surface area contributed by atoms with Crippen LogP contribution in [-0.2, 0) is 11.3 Å². The molecule has 0 amide bonds. The number of methoxy groups -OCH3 is 1. The molecule has 2 N–H and O–H groups in total. The van der Waals surface area contributed by atoms with Crippen LogP contribution in [0.5, 0.6) is 0 Å². The van der Waals surface area contributed by atoms with E-state index < -0.39 is 0 Å². The maximum absolute atomic E-state index is 5.30. The summed E-state index contributed by atoms with van der Waals surface area (Å²) in [6.45, 7) is 5.77. The van der Waals surface area contributed by atoms with Gasteiger partial charge in [0, 0.05) is 7.11 Å². The maximum atomic E-state index is 5.30. The molecule has 1 aromatic rings. The van der Waals surface area contributed by atoms with Crippen molar-refractivity contribution in [2.75, 3.05) is 13.7 Å². The van der Waals surface area contributed by atoms with E-state index in [-0.39, 0.29) is 5.60 Å². The number of rotatable bonds is 6. The van der Waals surface area contributed by atoms with Gasteiger partial charge in [0.25, 0.3) is 0 Å². The zero-order chi connectivity index (χ0) is 10.4. The van der Waals surface area contributed by atoms with Gasteiger partial charge in [0.15, 0.2) is 0 Å². The highest BCUT2D eigenvalue weighted by atomic mass is 16.5. The normalized spacial score (nSPS) is 11.9. The Kier molecular flexibility index (Phi) is 4.03. The highest BCUT2D eigenvalue weighted by Gasteiger charge is 2.14. The number of ether oxygens (including phenoxy) is 1. The van der Waals surface area contributed by atoms with Crippen LogP contribution in [0.3, 0.4) is 0 Å². The predicted molar refractivity (Wildman–Crippen MR) is 53.8 cm³/mol. The molecule has 1 heterocycles. The minimum absolute atomic E-state index is 0.0611. The van der Waals surface area contributed by atoms with Crippen LogP contribution in [0.25, 0.3) is 0 Å².